The van der Waals surface area contributed by atoms with Crippen LogP contribution in [0.2, 0.25) is 5.02 Å². The number of nitrogens with one attached hydrogen (secondary N) is 1. The Balaban J connectivity index is 1.77. The van der Waals surface area contributed by atoms with E-state index in [0.717, 1.165) is 10.1 Å². The molecule has 0 fully saturated rings. The highest BCUT2D eigenvalue weighted by Crippen LogP contribution is 2.20. The maximum atomic E-state index is 13.3. The van der Waals surface area contributed by atoms with Crippen LogP contribution in [0.5, 0.6) is 0 Å². The second-order valence-electron chi connectivity index (χ2n) is 7.61. The minimum absolute atomic E-state index is 0.0743. The normalized spacial score (nSPS) is 11.2. The van der Waals surface area contributed by atoms with Crippen molar-refractivity contribution in [2.75, 3.05) is 5.32 Å². The first-order chi connectivity index (χ1) is 15.8. The molecule has 0 atom stereocenters. The van der Waals surface area contributed by atoms with E-state index in [1.165, 1.54) is 33.5 Å². The van der Waals surface area contributed by atoms with Gasteiger partial charge in [0, 0.05) is 23.5 Å². The Bertz CT molecular complexity index is 1470. The molecule has 10 heteroatoms. The molecule has 0 bridgehead atoms. The molecule has 8 nitrogen and oxygen atoms in total. The molecule has 0 unspecified atom stereocenters. The molecule has 1 N–H and O–H groups in total. The molecule has 1 amide bonds. The average molecular weight is 470 g/mol. The van der Waals surface area contributed by atoms with Gasteiger partial charge in [-0.1, -0.05) is 29.8 Å². The molecule has 2 heterocycles. The number of carbonyl (C=O) groups is 1. The third kappa shape index (κ3) is 4.58. The first-order valence-corrected chi connectivity index (χ1v) is 10.7. The minimum atomic E-state index is -0.662. The lowest BCUT2D eigenvalue weighted by Crippen LogP contribution is -2.41. The van der Waals surface area contributed by atoms with Crippen LogP contribution in [-0.2, 0) is 24.4 Å². The molecule has 0 saturated carbocycles. The molecule has 2 aromatic carbocycles. The van der Waals surface area contributed by atoms with Gasteiger partial charge in [0.1, 0.15) is 12.4 Å². The second kappa shape index (κ2) is 9.03. The summed E-state index contributed by atoms with van der Waals surface area (Å²) in [6.07, 6.45) is 1.57. The smallest absolute Gasteiger partial charge is 0.324 e. The number of fused-ring (bicyclic) bond motifs is 1. The summed E-state index contributed by atoms with van der Waals surface area (Å²) < 4.78 is 17.0. The van der Waals surface area contributed by atoms with Gasteiger partial charge in [-0.15, -0.1) is 0 Å². The lowest BCUT2D eigenvalue weighted by atomic mass is 10.2. The highest BCUT2D eigenvalue weighted by molar-refractivity contribution is 6.31. The molecule has 0 saturated heterocycles. The molecule has 33 heavy (non-hydrogen) atoms. The number of amides is 1. The Morgan fingerprint density at radius 1 is 1.12 bits per heavy atom. The van der Waals surface area contributed by atoms with Crippen LogP contribution >= 0.6 is 11.6 Å². The molecule has 0 spiro atoms. The van der Waals surface area contributed by atoms with Crippen LogP contribution in [-0.4, -0.2) is 24.8 Å². The van der Waals surface area contributed by atoms with Crippen LogP contribution in [0.25, 0.3) is 11.0 Å². The number of anilines is 1. The number of rotatable bonds is 6. The van der Waals surface area contributed by atoms with Crippen LogP contribution in [0, 0.1) is 12.7 Å². The number of nitrogens with zero attached hydrogens (tertiary/aromatic N) is 4. The molecule has 0 aliphatic carbocycles. The Morgan fingerprint density at radius 2 is 1.85 bits per heavy atom. The number of aromatic nitrogens is 4. The molecular formula is C23H21ClFN5O3. The molecule has 0 aliphatic rings. The molecule has 4 aromatic rings. The molecule has 0 radical (unpaired) electrons. The Morgan fingerprint density at radius 3 is 2.55 bits per heavy atom. The van der Waals surface area contributed by atoms with E-state index in [4.69, 9.17) is 11.6 Å². The Hall–Kier alpha value is -3.72. The van der Waals surface area contributed by atoms with E-state index in [0.29, 0.717) is 22.8 Å². The van der Waals surface area contributed by atoms with Crippen LogP contribution in [0.1, 0.15) is 18.1 Å². The van der Waals surface area contributed by atoms with E-state index >= 15 is 0 Å². The number of carbonyl (C=O) groups excluding carboxylic acids is 1. The van der Waals surface area contributed by atoms with Crippen molar-refractivity contribution in [1.82, 2.24) is 18.9 Å². The summed E-state index contributed by atoms with van der Waals surface area (Å²) >= 11 is 6.03. The van der Waals surface area contributed by atoms with E-state index in [-0.39, 0.29) is 24.1 Å². The average Bonchev–Trinajstić information content (AvgIpc) is 3.23. The zero-order valence-corrected chi connectivity index (χ0v) is 18.8. The standard InChI is InChI=1S/C23H21ClFN5O3/c1-3-28-12-19-21(27-28)22(32)30(11-15-5-8-17(25)9-6-15)23(33)29(19)13-20(31)26-18-10-16(24)7-4-14(18)2/h4-10,12H,3,11,13H2,1-2H3,(H,26,31). The first-order valence-electron chi connectivity index (χ1n) is 10.3. The van der Waals surface area contributed by atoms with Crippen LogP contribution < -0.4 is 16.6 Å². The lowest BCUT2D eigenvalue weighted by Gasteiger charge is -2.13. The van der Waals surface area contributed by atoms with Crippen LogP contribution in [0.3, 0.4) is 0 Å². The summed E-state index contributed by atoms with van der Waals surface area (Å²) in [5.74, 6) is -0.881. The fraction of sp³-hybridized carbons (Fsp3) is 0.217. The zero-order chi connectivity index (χ0) is 23.7. The number of aryl methyl sites for hydroxylation is 2. The third-order valence-corrected chi connectivity index (χ3v) is 5.53. The number of hydrogen-bond donors (Lipinski definition) is 1. The maximum Gasteiger partial charge on any atom is 0.332 e. The van der Waals surface area contributed by atoms with Crippen molar-refractivity contribution in [2.45, 2.75) is 33.5 Å². The fourth-order valence-electron chi connectivity index (χ4n) is 3.51. The molecular weight excluding hydrogens is 449 g/mol. The highest BCUT2D eigenvalue weighted by Gasteiger charge is 2.19. The summed E-state index contributed by atoms with van der Waals surface area (Å²) in [7, 11) is 0. The van der Waals surface area contributed by atoms with Gasteiger partial charge in [-0.25, -0.2) is 9.18 Å². The third-order valence-electron chi connectivity index (χ3n) is 5.30. The van der Waals surface area contributed by atoms with Gasteiger partial charge in [-0.3, -0.25) is 23.4 Å². The minimum Gasteiger partial charge on any atom is -0.324 e. The monoisotopic (exact) mass is 469 g/mol. The molecule has 4 rings (SSSR count). The van der Waals surface area contributed by atoms with Crippen molar-refractivity contribution < 1.29 is 9.18 Å². The van der Waals surface area contributed by atoms with Crippen molar-refractivity contribution in [3.63, 3.8) is 0 Å². The SMILES string of the molecule is CCn1cc2c(n1)c(=O)n(Cc1ccc(F)cc1)c(=O)n2CC(=O)Nc1cc(Cl)ccc1C. The second-order valence-corrected chi connectivity index (χ2v) is 8.05. The number of hydrogen-bond acceptors (Lipinski definition) is 4. The maximum absolute atomic E-state index is 13.3. The quantitative estimate of drug-likeness (QED) is 0.469. The molecule has 170 valence electrons. The van der Waals surface area contributed by atoms with Crippen molar-refractivity contribution in [3.05, 3.63) is 91.5 Å². The van der Waals surface area contributed by atoms with Crippen molar-refractivity contribution >= 4 is 34.2 Å². The van der Waals surface area contributed by atoms with E-state index in [1.807, 2.05) is 13.8 Å². The van der Waals surface area contributed by atoms with Gasteiger partial charge in [0.25, 0.3) is 5.56 Å². The van der Waals surface area contributed by atoms with Crippen molar-refractivity contribution in [2.24, 2.45) is 0 Å². The van der Waals surface area contributed by atoms with E-state index < -0.39 is 23.0 Å². The summed E-state index contributed by atoms with van der Waals surface area (Å²) in [6.45, 7) is 3.74. The Kier molecular flexibility index (Phi) is 6.15. The predicted octanol–water partition coefficient (Wildman–Crippen LogP) is 3.17. The summed E-state index contributed by atoms with van der Waals surface area (Å²) in [5.41, 5.74) is 1.01. The number of benzene rings is 2. The highest BCUT2D eigenvalue weighted by atomic mass is 35.5. The Labute approximate surface area is 192 Å². The van der Waals surface area contributed by atoms with Gasteiger partial charge < -0.3 is 5.32 Å². The summed E-state index contributed by atoms with van der Waals surface area (Å²) in [5, 5.41) is 7.51. The van der Waals surface area contributed by atoms with Crippen molar-refractivity contribution in [3.8, 4) is 0 Å². The fourth-order valence-corrected chi connectivity index (χ4v) is 3.69. The topological polar surface area (TPSA) is 90.9 Å². The van der Waals surface area contributed by atoms with Gasteiger partial charge in [0.05, 0.1) is 12.1 Å². The summed E-state index contributed by atoms with van der Waals surface area (Å²) in [6, 6.07) is 10.6. The predicted molar refractivity (Wildman–Crippen MR) is 124 cm³/mol. The largest absolute Gasteiger partial charge is 0.332 e. The number of halogens is 2. The van der Waals surface area contributed by atoms with E-state index in [2.05, 4.69) is 10.4 Å². The first kappa shape index (κ1) is 22.5. The zero-order valence-electron chi connectivity index (χ0n) is 18.0. The van der Waals surface area contributed by atoms with Gasteiger partial charge in [-0.05, 0) is 49.2 Å². The van der Waals surface area contributed by atoms with Gasteiger partial charge in [0.15, 0.2) is 5.52 Å². The molecule has 0 aliphatic heterocycles. The summed E-state index contributed by atoms with van der Waals surface area (Å²) in [4.78, 5) is 39.2. The van der Waals surface area contributed by atoms with Crippen molar-refractivity contribution in [1.29, 1.82) is 0 Å². The van der Waals surface area contributed by atoms with E-state index in [1.54, 1.807) is 24.4 Å². The lowest BCUT2D eigenvalue weighted by molar-refractivity contribution is -0.116. The van der Waals surface area contributed by atoms with Crippen LogP contribution in [0.15, 0.2) is 58.3 Å². The van der Waals surface area contributed by atoms with Gasteiger partial charge in [0.2, 0.25) is 5.91 Å². The van der Waals surface area contributed by atoms with Gasteiger partial charge in [-0.2, -0.15) is 5.10 Å². The molecule has 2 aromatic heterocycles. The van der Waals surface area contributed by atoms with E-state index in [9.17, 15) is 18.8 Å². The van der Waals surface area contributed by atoms with Gasteiger partial charge >= 0.3 is 5.69 Å². The van der Waals surface area contributed by atoms with Crippen LogP contribution in [0.4, 0.5) is 10.1 Å².